The van der Waals surface area contributed by atoms with E-state index >= 15 is 0 Å². The molecule has 4 aliphatic rings. The molecule has 4 aliphatic carbocycles. The number of hydrogen-bond donors (Lipinski definition) is 2. The van der Waals surface area contributed by atoms with Gasteiger partial charge in [-0.15, -0.1) is 5.76 Å². The molecule has 0 aromatic heterocycles. The van der Waals surface area contributed by atoms with Crippen molar-refractivity contribution in [3.05, 3.63) is 47.3 Å². The van der Waals surface area contributed by atoms with Gasteiger partial charge in [0, 0.05) is 35.4 Å². The van der Waals surface area contributed by atoms with Gasteiger partial charge in [0.2, 0.25) is 0 Å². The van der Waals surface area contributed by atoms with Crippen molar-refractivity contribution < 1.29 is 19.5 Å². The number of allylic oxidation sites excluding steroid dienone is 8. The first-order chi connectivity index (χ1) is 13.9. The van der Waals surface area contributed by atoms with Gasteiger partial charge in [0.15, 0.2) is 17.3 Å². The van der Waals surface area contributed by atoms with Crippen LogP contribution in [0.5, 0.6) is 0 Å². The first-order valence-electron chi connectivity index (χ1n) is 10.5. The third-order valence-corrected chi connectivity index (χ3v) is 6.98. The summed E-state index contributed by atoms with van der Waals surface area (Å²) in [4.78, 5) is 37.7. The van der Waals surface area contributed by atoms with Gasteiger partial charge in [-0.2, -0.15) is 0 Å². The topological polar surface area (TPSA) is 126 Å². The minimum Gasteiger partial charge on any atom is -0.875 e. The van der Waals surface area contributed by atoms with Crippen LogP contribution in [-0.2, 0) is 14.4 Å². The van der Waals surface area contributed by atoms with Gasteiger partial charge >= 0.3 is 0 Å². The predicted molar refractivity (Wildman–Crippen MR) is 106 cm³/mol. The third kappa shape index (κ3) is 3.34. The molecule has 3 fully saturated rings. The first kappa shape index (κ1) is 20.0. The summed E-state index contributed by atoms with van der Waals surface area (Å²) in [7, 11) is 0. The molecule has 0 spiro atoms. The Hall–Kier alpha value is -2.31. The summed E-state index contributed by atoms with van der Waals surface area (Å²) in [5, 5.41) is 12.5. The molecule has 3 saturated carbocycles. The van der Waals surface area contributed by atoms with Gasteiger partial charge in [-0.3, -0.25) is 14.4 Å². The number of rotatable bonds is 3. The lowest BCUT2D eigenvalue weighted by atomic mass is 9.77. The van der Waals surface area contributed by atoms with Crippen molar-refractivity contribution in [3.63, 3.8) is 0 Å². The van der Waals surface area contributed by atoms with Crippen LogP contribution in [0.3, 0.4) is 0 Å². The van der Waals surface area contributed by atoms with Crippen LogP contribution in [0, 0.1) is 23.7 Å². The van der Waals surface area contributed by atoms with E-state index in [4.69, 9.17) is 11.5 Å². The predicted octanol–water partition coefficient (Wildman–Crippen LogP) is 0.861. The highest BCUT2D eigenvalue weighted by atomic mass is 16.3. The Kier molecular flexibility index (Phi) is 5.40. The lowest BCUT2D eigenvalue weighted by Gasteiger charge is -2.33. The molecule has 6 unspecified atom stereocenters. The van der Waals surface area contributed by atoms with E-state index in [-0.39, 0.29) is 70.0 Å². The average Bonchev–Trinajstić information content (AvgIpc) is 3.09. The summed E-state index contributed by atoms with van der Waals surface area (Å²) in [5.74, 6) is -1.87. The Labute approximate surface area is 170 Å². The lowest BCUT2D eigenvalue weighted by molar-refractivity contribution is -0.317. The van der Waals surface area contributed by atoms with Gasteiger partial charge in [-0.05, 0) is 37.7 Å². The maximum atomic E-state index is 12.6. The van der Waals surface area contributed by atoms with Crippen molar-refractivity contribution in [1.82, 2.24) is 0 Å². The van der Waals surface area contributed by atoms with Crippen molar-refractivity contribution in [2.24, 2.45) is 35.1 Å². The fraction of sp³-hybridized carbons (Fsp3) is 0.522. The number of nitrogens with two attached hydrogens (primary N) is 2. The summed E-state index contributed by atoms with van der Waals surface area (Å²) >= 11 is 0. The highest BCUT2D eigenvalue weighted by Crippen LogP contribution is 2.41. The van der Waals surface area contributed by atoms with Crippen LogP contribution < -0.4 is 16.6 Å². The third-order valence-electron chi connectivity index (χ3n) is 6.98. The Bertz CT molecular complexity index is 866. The summed E-state index contributed by atoms with van der Waals surface area (Å²) in [6.07, 6.45) is 12.6. The van der Waals surface area contributed by atoms with E-state index in [1.807, 2.05) is 0 Å². The van der Waals surface area contributed by atoms with E-state index in [1.165, 1.54) is 12.2 Å². The van der Waals surface area contributed by atoms with Gasteiger partial charge in [0.05, 0.1) is 5.57 Å². The molecular weight excluding hydrogens is 368 g/mol. The van der Waals surface area contributed by atoms with E-state index in [0.29, 0.717) is 0 Å². The molecule has 6 heteroatoms. The van der Waals surface area contributed by atoms with Gasteiger partial charge < -0.3 is 16.6 Å². The fourth-order valence-electron chi connectivity index (χ4n) is 5.50. The van der Waals surface area contributed by atoms with E-state index in [9.17, 15) is 19.5 Å². The second-order valence-corrected chi connectivity index (χ2v) is 8.65. The molecular formula is C23H27N2O4-. The number of hydrogen-bond acceptors (Lipinski definition) is 6. The van der Waals surface area contributed by atoms with E-state index in [2.05, 4.69) is 0 Å². The van der Waals surface area contributed by atoms with Crippen LogP contribution >= 0.6 is 0 Å². The minimum absolute atomic E-state index is 0.114. The van der Waals surface area contributed by atoms with Crippen LogP contribution in [0.4, 0.5) is 0 Å². The molecule has 0 aliphatic heterocycles. The van der Waals surface area contributed by atoms with Gasteiger partial charge in [0.1, 0.15) is 0 Å². The maximum absolute atomic E-state index is 12.6. The Morgan fingerprint density at radius 3 is 2.00 bits per heavy atom. The van der Waals surface area contributed by atoms with Crippen molar-refractivity contribution in [2.45, 2.75) is 50.6 Å². The molecule has 0 aromatic carbocycles. The zero-order valence-corrected chi connectivity index (χ0v) is 16.4. The van der Waals surface area contributed by atoms with Crippen molar-refractivity contribution in [1.29, 1.82) is 0 Å². The second kappa shape index (κ2) is 7.84. The number of carbonyl (C=O) groups is 3. The van der Waals surface area contributed by atoms with Crippen LogP contribution in [-0.4, -0.2) is 29.4 Å². The van der Waals surface area contributed by atoms with E-state index in [1.54, 1.807) is 18.2 Å². The quantitative estimate of drug-likeness (QED) is 0.415. The van der Waals surface area contributed by atoms with Crippen LogP contribution in [0.25, 0.3) is 0 Å². The molecule has 0 radical (unpaired) electrons. The number of carbonyl (C=O) groups excluding carboxylic acids is 3. The monoisotopic (exact) mass is 395 g/mol. The number of Topliss-reactive ketones (excluding diaryl/α,β-unsaturated/α-hetero) is 3. The minimum atomic E-state index is -0.386. The Morgan fingerprint density at radius 2 is 1.38 bits per heavy atom. The summed E-state index contributed by atoms with van der Waals surface area (Å²) in [5.41, 5.74) is 12.5. The van der Waals surface area contributed by atoms with Crippen LogP contribution in [0.15, 0.2) is 47.3 Å². The SMILES string of the molecule is NC1CCCC2C(=O)C(=CC=CC=CC3=C([O-])C4CCCC(N)C4C3=O)C(=O)C12. The Morgan fingerprint density at radius 1 is 0.759 bits per heavy atom. The zero-order valence-electron chi connectivity index (χ0n) is 16.4. The smallest absolute Gasteiger partial charge is 0.171 e. The first-order valence-corrected chi connectivity index (χ1v) is 10.5. The normalized spacial score (nSPS) is 39.2. The van der Waals surface area contributed by atoms with Crippen LogP contribution in [0.1, 0.15) is 38.5 Å². The molecule has 154 valence electrons. The Balaban J connectivity index is 1.46. The van der Waals surface area contributed by atoms with Gasteiger partial charge in [0.25, 0.3) is 0 Å². The van der Waals surface area contributed by atoms with Gasteiger partial charge in [-0.1, -0.05) is 37.1 Å². The molecule has 0 heterocycles. The zero-order chi connectivity index (χ0) is 20.7. The molecule has 4 N–H and O–H groups in total. The molecule has 6 atom stereocenters. The highest BCUT2D eigenvalue weighted by Gasteiger charge is 2.49. The van der Waals surface area contributed by atoms with Crippen molar-refractivity contribution >= 4 is 17.3 Å². The maximum Gasteiger partial charge on any atom is 0.171 e. The fourth-order valence-corrected chi connectivity index (χ4v) is 5.50. The molecule has 6 nitrogen and oxygen atoms in total. The molecule has 0 bridgehead atoms. The van der Waals surface area contributed by atoms with Crippen molar-refractivity contribution in [3.8, 4) is 0 Å². The standard InChI is InChI=1S/C23H28N2O4/c24-16-10-4-8-12-18(16)22(28)14(20(12)26)6-2-1-3-7-15-21(27)13-9-5-11-17(25)19(13)23(15)29/h1-3,6-7,12-13,16-19,26H,4-5,8-11,24-25H2/p-1. The molecule has 0 aromatic rings. The summed E-state index contributed by atoms with van der Waals surface area (Å²) < 4.78 is 0. The number of ketones is 3. The average molecular weight is 395 g/mol. The molecule has 4 rings (SSSR count). The number of fused-ring (bicyclic) bond motifs is 2. The van der Waals surface area contributed by atoms with Crippen molar-refractivity contribution in [2.75, 3.05) is 0 Å². The van der Waals surface area contributed by atoms with E-state index < -0.39 is 0 Å². The largest absolute Gasteiger partial charge is 0.875 e. The van der Waals surface area contributed by atoms with Crippen LogP contribution in [0.2, 0.25) is 0 Å². The molecule has 0 amide bonds. The lowest BCUT2D eigenvalue weighted by Crippen LogP contribution is -2.41. The van der Waals surface area contributed by atoms with E-state index in [0.717, 1.165) is 38.5 Å². The second-order valence-electron chi connectivity index (χ2n) is 8.65. The summed E-state index contributed by atoms with van der Waals surface area (Å²) in [6.45, 7) is 0. The molecule has 0 saturated heterocycles. The van der Waals surface area contributed by atoms with Gasteiger partial charge in [-0.25, -0.2) is 0 Å². The summed E-state index contributed by atoms with van der Waals surface area (Å²) in [6, 6.07) is -0.489. The highest BCUT2D eigenvalue weighted by molar-refractivity contribution is 6.27. The molecule has 29 heavy (non-hydrogen) atoms.